The van der Waals surface area contributed by atoms with Crippen LogP contribution in [0, 0.1) is 0 Å². The average molecular weight is 337 g/mol. The molecule has 3 rings (SSSR count). The van der Waals surface area contributed by atoms with E-state index in [1.165, 1.54) is 0 Å². The molecule has 0 aliphatic rings. The average Bonchev–Trinajstić information content (AvgIpc) is 3.01. The first-order valence-electron chi connectivity index (χ1n) is 8.59. The number of benzene rings is 1. The van der Waals surface area contributed by atoms with Crippen LogP contribution in [0.2, 0.25) is 0 Å². The summed E-state index contributed by atoms with van der Waals surface area (Å²) < 4.78 is 2.05. The molecule has 0 bridgehead atoms. The number of carbonyl (C=O) groups is 1. The molecule has 130 valence electrons. The summed E-state index contributed by atoms with van der Waals surface area (Å²) in [7, 11) is 2.00. The van der Waals surface area contributed by atoms with Crippen LogP contribution in [0.25, 0.3) is 10.9 Å². The maximum absolute atomic E-state index is 12.2. The van der Waals surface area contributed by atoms with Gasteiger partial charge in [-0.15, -0.1) is 0 Å². The predicted octanol–water partition coefficient (Wildman–Crippen LogP) is 3.58. The number of hydrogen-bond acceptors (Lipinski definition) is 4. The fourth-order valence-corrected chi connectivity index (χ4v) is 2.80. The lowest BCUT2D eigenvalue weighted by Gasteiger charge is -2.07. The first-order chi connectivity index (χ1) is 12.2. The lowest BCUT2D eigenvalue weighted by atomic mass is 10.1. The normalized spacial score (nSPS) is 10.8. The van der Waals surface area contributed by atoms with Crippen LogP contribution in [0.3, 0.4) is 0 Å². The number of hydrogen-bond donors (Lipinski definition) is 2. The molecule has 2 N–H and O–H groups in total. The monoisotopic (exact) mass is 337 g/mol. The molecule has 6 nitrogen and oxygen atoms in total. The molecule has 0 unspecified atom stereocenters. The van der Waals surface area contributed by atoms with Gasteiger partial charge in [0, 0.05) is 49.5 Å². The third kappa shape index (κ3) is 4.56. The molecule has 0 saturated heterocycles. The van der Waals surface area contributed by atoms with Crippen molar-refractivity contribution in [1.82, 2.24) is 14.5 Å². The van der Waals surface area contributed by atoms with Gasteiger partial charge in [-0.05, 0) is 37.1 Å². The summed E-state index contributed by atoms with van der Waals surface area (Å²) in [5, 5.41) is 7.27. The molecule has 0 aliphatic heterocycles. The Morgan fingerprint density at radius 2 is 1.92 bits per heavy atom. The van der Waals surface area contributed by atoms with E-state index in [0.29, 0.717) is 12.4 Å². The standard InChI is InChI=1S/C19H23N5O/c1-24-14-10-15-16(7-5-8-17(15)24)23-18(25)9-3-2-4-11-20-19-21-12-6-13-22-19/h5-8,10,12-14H,2-4,9,11H2,1H3,(H,23,25)(H,20,21,22). The molecule has 1 aromatic carbocycles. The molecule has 3 aromatic rings. The molecule has 0 radical (unpaired) electrons. The lowest BCUT2D eigenvalue weighted by molar-refractivity contribution is -0.116. The number of anilines is 2. The molecular weight excluding hydrogens is 314 g/mol. The van der Waals surface area contributed by atoms with Gasteiger partial charge in [-0.25, -0.2) is 9.97 Å². The topological polar surface area (TPSA) is 71.8 Å². The fraction of sp³-hybridized carbons (Fsp3) is 0.316. The van der Waals surface area contributed by atoms with E-state index in [1.807, 2.05) is 31.4 Å². The number of aryl methyl sites for hydroxylation is 1. The number of carbonyl (C=O) groups excluding carboxylic acids is 1. The van der Waals surface area contributed by atoms with Gasteiger partial charge < -0.3 is 15.2 Å². The van der Waals surface area contributed by atoms with Gasteiger partial charge in [-0.3, -0.25) is 4.79 Å². The minimum atomic E-state index is 0.0655. The maximum atomic E-state index is 12.2. The van der Waals surface area contributed by atoms with Crippen molar-refractivity contribution in [1.29, 1.82) is 0 Å². The molecule has 0 spiro atoms. The van der Waals surface area contributed by atoms with Crippen LogP contribution in [-0.4, -0.2) is 27.0 Å². The summed E-state index contributed by atoms with van der Waals surface area (Å²) >= 11 is 0. The van der Waals surface area contributed by atoms with E-state index < -0.39 is 0 Å². The summed E-state index contributed by atoms with van der Waals surface area (Å²) in [5.74, 6) is 0.715. The highest BCUT2D eigenvalue weighted by molar-refractivity contribution is 6.01. The van der Waals surface area contributed by atoms with Gasteiger partial charge in [-0.1, -0.05) is 12.5 Å². The van der Waals surface area contributed by atoms with Crippen molar-refractivity contribution in [3.8, 4) is 0 Å². The molecule has 6 heteroatoms. The van der Waals surface area contributed by atoms with Gasteiger partial charge in [0.15, 0.2) is 0 Å². The van der Waals surface area contributed by atoms with Crippen LogP contribution in [-0.2, 0) is 11.8 Å². The van der Waals surface area contributed by atoms with Crippen molar-refractivity contribution in [3.63, 3.8) is 0 Å². The zero-order chi connectivity index (χ0) is 17.5. The van der Waals surface area contributed by atoms with Crippen molar-refractivity contribution >= 4 is 28.4 Å². The van der Waals surface area contributed by atoms with Crippen molar-refractivity contribution in [2.45, 2.75) is 25.7 Å². The van der Waals surface area contributed by atoms with Crippen LogP contribution >= 0.6 is 0 Å². The summed E-state index contributed by atoms with van der Waals surface area (Å²) in [6.45, 7) is 0.814. The molecular formula is C19H23N5O. The van der Waals surface area contributed by atoms with Crippen molar-refractivity contribution in [2.75, 3.05) is 17.2 Å². The van der Waals surface area contributed by atoms with Gasteiger partial charge in [0.2, 0.25) is 11.9 Å². The summed E-state index contributed by atoms with van der Waals surface area (Å²) in [5.41, 5.74) is 2.00. The third-order valence-corrected chi connectivity index (χ3v) is 4.13. The Balaban J connectivity index is 1.38. The number of aromatic nitrogens is 3. The minimum Gasteiger partial charge on any atom is -0.354 e. The number of fused-ring (bicyclic) bond motifs is 1. The van der Waals surface area contributed by atoms with Crippen molar-refractivity contribution in [3.05, 3.63) is 48.9 Å². The van der Waals surface area contributed by atoms with Gasteiger partial charge in [0.05, 0.1) is 5.69 Å². The van der Waals surface area contributed by atoms with E-state index in [1.54, 1.807) is 18.5 Å². The summed E-state index contributed by atoms with van der Waals surface area (Å²) in [6, 6.07) is 9.79. The first-order valence-corrected chi connectivity index (χ1v) is 8.59. The van der Waals surface area contributed by atoms with Gasteiger partial charge in [0.25, 0.3) is 0 Å². The Labute approximate surface area is 147 Å². The second-order valence-corrected chi connectivity index (χ2v) is 6.02. The molecule has 2 aromatic heterocycles. The highest BCUT2D eigenvalue weighted by Crippen LogP contribution is 2.24. The number of unbranched alkanes of at least 4 members (excludes halogenated alkanes) is 2. The van der Waals surface area contributed by atoms with E-state index in [0.717, 1.165) is 42.4 Å². The van der Waals surface area contributed by atoms with Gasteiger partial charge in [-0.2, -0.15) is 0 Å². The SMILES string of the molecule is Cn1ccc2c(NC(=O)CCCCCNc3ncccn3)cccc21. The van der Waals surface area contributed by atoms with E-state index >= 15 is 0 Å². The molecule has 0 atom stereocenters. The van der Waals surface area contributed by atoms with Crippen LogP contribution in [0.4, 0.5) is 11.6 Å². The van der Waals surface area contributed by atoms with E-state index in [-0.39, 0.29) is 5.91 Å². The minimum absolute atomic E-state index is 0.0655. The predicted molar refractivity (Wildman–Crippen MR) is 101 cm³/mol. The smallest absolute Gasteiger partial charge is 0.224 e. The zero-order valence-electron chi connectivity index (χ0n) is 14.4. The van der Waals surface area contributed by atoms with E-state index in [4.69, 9.17) is 0 Å². The molecule has 0 aliphatic carbocycles. The largest absolute Gasteiger partial charge is 0.354 e. The molecule has 0 saturated carbocycles. The Morgan fingerprint density at radius 1 is 1.08 bits per heavy atom. The van der Waals surface area contributed by atoms with Crippen molar-refractivity contribution < 1.29 is 4.79 Å². The fourth-order valence-electron chi connectivity index (χ4n) is 2.80. The first kappa shape index (κ1) is 17.0. The molecule has 2 heterocycles. The Hall–Kier alpha value is -2.89. The van der Waals surface area contributed by atoms with Crippen LogP contribution in [0.1, 0.15) is 25.7 Å². The number of nitrogens with one attached hydrogen (secondary N) is 2. The Bertz CT molecular complexity index is 828. The Morgan fingerprint density at radius 3 is 2.76 bits per heavy atom. The second-order valence-electron chi connectivity index (χ2n) is 6.02. The van der Waals surface area contributed by atoms with Crippen LogP contribution < -0.4 is 10.6 Å². The molecule has 25 heavy (non-hydrogen) atoms. The lowest BCUT2D eigenvalue weighted by Crippen LogP contribution is -2.11. The zero-order valence-corrected chi connectivity index (χ0v) is 14.4. The number of rotatable bonds is 8. The quantitative estimate of drug-likeness (QED) is 0.616. The molecule has 0 fully saturated rings. The van der Waals surface area contributed by atoms with Crippen LogP contribution in [0.15, 0.2) is 48.9 Å². The van der Waals surface area contributed by atoms with Gasteiger partial charge in [0.1, 0.15) is 0 Å². The maximum Gasteiger partial charge on any atom is 0.224 e. The number of nitrogens with zero attached hydrogens (tertiary/aromatic N) is 3. The summed E-state index contributed by atoms with van der Waals surface area (Å²) in [6.07, 6.45) is 8.81. The highest BCUT2D eigenvalue weighted by atomic mass is 16.1. The second kappa shape index (κ2) is 8.28. The van der Waals surface area contributed by atoms with Gasteiger partial charge >= 0.3 is 0 Å². The van der Waals surface area contributed by atoms with Crippen molar-refractivity contribution in [2.24, 2.45) is 7.05 Å². The molecule has 1 amide bonds. The summed E-state index contributed by atoms with van der Waals surface area (Å²) in [4.78, 5) is 20.4. The third-order valence-electron chi connectivity index (χ3n) is 4.13. The van der Waals surface area contributed by atoms with Crippen LogP contribution in [0.5, 0.6) is 0 Å². The highest BCUT2D eigenvalue weighted by Gasteiger charge is 2.07. The van der Waals surface area contributed by atoms with E-state index in [2.05, 4.69) is 31.2 Å². The number of amides is 1. The van der Waals surface area contributed by atoms with E-state index in [9.17, 15) is 4.79 Å². The Kier molecular flexibility index (Phi) is 5.61.